The van der Waals surface area contributed by atoms with E-state index < -0.39 is 0 Å². The van der Waals surface area contributed by atoms with Crippen LogP contribution in [0.2, 0.25) is 0 Å². The van der Waals surface area contributed by atoms with E-state index in [1.807, 2.05) is 31.7 Å². The second-order valence-corrected chi connectivity index (χ2v) is 5.28. The Bertz CT molecular complexity index is 541. The van der Waals surface area contributed by atoms with Gasteiger partial charge in [-0.2, -0.15) is 0 Å². The van der Waals surface area contributed by atoms with Gasteiger partial charge in [-0.25, -0.2) is 4.98 Å². The van der Waals surface area contributed by atoms with Gasteiger partial charge in [-0.1, -0.05) is 13.0 Å². The maximum Gasteiger partial charge on any atom is 0.130 e. The van der Waals surface area contributed by atoms with Crippen LogP contribution in [0.5, 0.6) is 0 Å². The number of nitrogens with zero attached hydrogens (tertiary/aromatic N) is 3. The first-order chi connectivity index (χ1) is 10.2. The Morgan fingerprint density at radius 3 is 2.57 bits per heavy atom. The van der Waals surface area contributed by atoms with Gasteiger partial charge >= 0.3 is 0 Å². The Morgan fingerprint density at radius 1 is 1.14 bits per heavy atom. The largest absolute Gasteiger partial charge is 0.373 e. The molecule has 2 aromatic rings. The highest BCUT2D eigenvalue weighted by molar-refractivity contribution is 5.42. The molecule has 0 saturated heterocycles. The third-order valence-electron chi connectivity index (χ3n) is 3.85. The molecule has 0 saturated carbocycles. The molecule has 1 unspecified atom stereocenters. The third kappa shape index (κ3) is 4.26. The van der Waals surface area contributed by atoms with E-state index >= 15 is 0 Å². The molecule has 0 radical (unpaired) electrons. The number of nitrogens with one attached hydrogen (secondary N) is 1. The molecule has 1 atom stereocenters. The van der Waals surface area contributed by atoms with Crippen molar-refractivity contribution in [1.29, 1.82) is 0 Å². The van der Waals surface area contributed by atoms with Crippen molar-refractivity contribution in [2.45, 2.75) is 39.4 Å². The number of aromatic nitrogens is 2. The third-order valence-corrected chi connectivity index (χ3v) is 3.85. The maximum absolute atomic E-state index is 4.39. The number of hydrogen-bond acceptors (Lipinski definition) is 4. The van der Waals surface area contributed by atoms with Crippen LogP contribution in [0.1, 0.15) is 31.4 Å². The van der Waals surface area contributed by atoms with Crippen LogP contribution < -0.4 is 5.32 Å². The SMILES string of the molecule is CCC(C)N(Cc1ccncc1)Cc1cccnc1NC. The van der Waals surface area contributed by atoms with Crippen LogP contribution in [-0.2, 0) is 13.1 Å². The van der Waals surface area contributed by atoms with Crippen molar-refractivity contribution >= 4 is 5.82 Å². The van der Waals surface area contributed by atoms with E-state index in [2.05, 4.69) is 52.2 Å². The molecule has 0 aromatic carbocycles. The van der Waals surface area contributed by atoms with Crippen molar-refractivity contribution in [1.82, 2.24) is 14.9 Å². The Balaban J connectivity index is 2.16. The van der Waals surface area contributed by atoms with Crippen LogP contribution in [0, 0.1) is 0 Å². The van der Waals surface area contributed by atoms with Crippen molar-refractivity contribution in [2.24, 2.45) is 0 Å². The maximum atomic E-state index is 4.39. The summed E-state index contributed by atoms with van der Waals surface area (Å²) in [4.78, 5) is 11.0. The molecule has 21 heavy (non-hydrogen) atoms. The van der Waals surface area contributed by atoms with Crippen molar-refractivity contribution in [3.63, 3.8) is 0 Å². The van der Waals surface area contributed by atoms with Crippen molar-refractivity contribution < 1.29 is 0 Å². The Labute approximate surface area is 127 Å². The normalized spacial score (nSPS) is 12.4. The standard InChI is InChI=1S/C17H24N4/c1-4-14(2)21(12-15-7-10-19-11-8-15)13-16-6-5-9-20-17(16)18-3/h5-11,14H,4,12-13H2,1-3H3,(H,18,20). The second kappa shape index (κ2) is 7.74. The fourth-order valence-corrected chi connectivity index (χ4v) is 2.36. The quantitative estimate of drug-likeness (QED) is 0.847. The van der Waals surface area contributed by atoms with E-state index in [1.54, 1.807) is 0 Å². The summed E-state index contributed by atoms with van der Waals surface area (Å²) in [5, 5.41) is 3.17. The Kier molecular flexibility index (Phi) is 5.69. The highest BCUT2D eigenvalue weighted by Gasteiger charge is 2.15. The van der Waals surface area contributed by atoms with Gasteiger partial charge in [0.25, 0.3) is 0 Å². The van der Waals surface area contributed by atoms with E-state index in [0.29, 0.717) is 6.04 Å². The van der Waals surface area contributed by atoms with E-state index in [-0.39, 0.29) is 0 Å². The van der Waals surface area contributed by atoms with Gasteiger partial charge in [-0.15, -0.1) is 0 Å². The lowest BCUT2D eigenvalue weighted by Gasteiger charge is -2.29. The minimum Gasteiger partial charge on any atom is -0.373 e. The van der Waals surface area contributed by atoms with Crippen molar-refractivity contribution in [3.05, 3.63) is 54.0 Å². The van der Waals surface area contributed by atoms with E-state index in [9.17, 15) is 0 Å². The first-order valence-corrected chi connectivity index (χ1v) is 7.49. The van der Waals surface area contributed by atoms with Gasteiger partial charge in [-0.05, 0) is 37.1 Å². The molecular formula is C17H24N4. The summed E-state index contributed by atoms with van der Waals surface area (Å²) in [6.45, 7) is 6.32. The number of hydrogen-bond donors (Lipinski definition) is 1. The summed E-state index contributed by atoms with van der Waals surface area (Å²) in [5.41, 5.74) is 2.52. The molecule has 0 aliphatic heterocycles. The predicted molar refractivity (Wildman–Crippen MR) is 87.0 cm³/mol. The topological polar surface area (TPSA) is 41.1 Å². The summed E-state index contributed by atoms with van der Waals surface area (Å²) in [7, 11) is 1.92. The van der Waals surface area contributed by atoms with E-state index in [0.717, 1.165) is 25.3 Å². The minimum absolute atomic E-state index is 0.517. The molecule has 2 heterocycles. The van der Waals surface area contributed by atoms with E-state index in [4.69, 9.17) is 0 Å². The molecular weight excluding hydrogens is 260 g/mol. The molecule has 4 heteroatoms. The Hall–Kier alpha value is -1.94. The first kappa shape index (κ1) is 15.4. The molecule has 4 nitrogen and oxygen atoms in total. The predicted octanol–water partition coefficient (Wildman–Crippen LogP) is 3.32. The molecule has 0 bridgehead atoms. The van der Waals surface area contributed by atoms with Crippen LogP contribution in [0.15, 0.2) is 42.9 Å². The Morgan fingerprint density at radius 2 is 1.90 bits per heavy atom. The van der Waals surface area contributed by atoms with Gasteiger partial charge in [0.05, 0.1) is 0 Å². The molecule has 2 rings (SSSR count). The lowest BCUT2D eigenvalue weighted by atomic mass is 10.1. The highest BCUT2D eigenvalue weighted by atomic mass is 15.2. The van der Waals surface area contributed by atoms with Gasteiger partial charge in [0.2, 0.25) is 0 Å². The zero-order valence-corrected chi connectivity index (χ0v) is 13.1. The summed E-state index contributed by atoms with van der Waals surface area (Å²) >= 11 is 0. The monoisotopic (exact) mass is 284 g/mol. The molecule has 0 aliphatic carbocycles. The van der Waals surface area contributed by atoms with Gasteiger partial charge in [0.1, 0.15) is 5.82 Å². The highest BCUT2D eigenvalue weighted by Crippen LogP contribution is 2.18. The van der Waals surface area contributed by atoms with Crippen molar-refractivity contribution in [2.75, 3.05) is 12.4 Å². The number of pyridine rings is 2. The number of rotatable bonds is 7. The van der Waals surface area contributed by atoms with Crippen LogP contribution in [-0.4, -0.2) is 28.0 Å². The molecule has 0 amide bonds. The van der Waals surface area contributed by atoms with Gasteiger partial charge in [0, 0.05) is 50.3 Å². The minimum atomic E-state index is 0.517. The van der Waals surface area contributed by atoms with Gasteiger partial charge in [0.15, 0.2) is 0 Å². The fourth-order valence-electron chi connectivity index (χ4n) is 2.36. The summed E-state index contributed by atoms with van der Waals surface area (Å²) in [6.07, 6.45) is 6.66. The summed E-state index contributed by atoms with van der Waals surface area (Å²) in [5.74, 6) is 0.959. The average Bonchev–Trinajstić information content (AvgIpc) is 2.55. The average molecular weight is 284 g/mol. The molecule has 0 spiro atoms. The zero-order valence-electron chi connectivity index (χ0n) is 13.1. The molecule has 0 fully saturated rings. The molecule has 0 aliphatic rings. The van der Waals surface area contributed by atoms with Gasteiger partial charge in [-0.3, -0.25) is 9.88 Å². The zero-order chi connectivity index (χ0) is 15.1. The van der Waals surface area contributed by atoms with Crippen molar-refractivity contribution in [3.8, 4) is 0 Å². The van der Waals surface area contributed by atoms with Crippen LogP contribution in [0.25, 0.3) is 0 Å². The molecule has 2 aromatic heterocycles. The van der Waals surface area contributed by atoms with E-state index in [1.165, 1.54) is 11.1 Å². The number of anilines is 1. The molecule has 1 N–H and O–H groups in total. The summed E-state index contributed by atoms with van der Waals surface area (Å²) < 4.78 is 0. The molecule has 112 valence electrons. The lowest BCUT2D eigenvalue weighted by Crippen LogP contribution is -2.32. The smallest absolute Gasteiger partial charge is 0.130 e. The van der Waals surface area contributed by atoms with Crippen LogP contribution >= 0.6 is 0 Å². The second-order valence-electron chi connectivity index (χ2n) is 5.28. The van der Waals surface area contributed by atoms with Crippen LogP contribution in [0.3, 0.4) is 0 Å². The van der Waals surface area contributed by atoms with Crippen LogP contribution in [0.4, 0.5) is 5.82 Å². The summed E-state index contributed by atoms with van der Waals surface area (Å²) in [6, 6.07) is 8.82. The lowest BCUT2D eigenvalue weighted by molar-refractivity contribution is 0.186. The fraction of sp³-hybridized carbons (Fsp3) is 0.412. The van der Waals surface area contributed by atoms with Gasteiger partial charge < -0.3 is 5.32 Å². The first-order valence-electron chi connectivity index (χ1n) is 7.49.